The first-order chi connectivity index (χ1) is 16.5. The molecule has 0 fully saturated rings. The first-order valence-corrected chi connectivity index (χ1v) is 10.8. The molecule has 1 aliphatic rings. The molecule has 0 radical (unpaired) electrons. The Labute approximate surface area is 194 Å². The molecule has 0 aliphatic carbocycles. The van der Waals surface area contributed by atoms with Crippen LogP contribution in [-0.4, -0.2) is 67.6 Å². The van der Waals surface area contributed by atoms with E-state index in [2.05, 4.69) is 25.3 Å². The molecule has 0 unspecified atom stereocenters. The number of aromatic nitrogens is 6. The zero-order valence-electron chi connectivity index (χ0n) is 19.0. The highest BCUT2D eigenvalue weighted by Gasteiger charge is 2.24. The Kier molecular flexibility index (Phi) is 5.36. The van der Waals surface area contributed by atoms with E-state index in [0.29, 0.717) is 47.3 Å². The molecule has 4 aromatic rings. The van der Waals surface area contributed by atoms with Crippen molar-refractivity contribution in [3.8, 4) is 22.9 Å². The summed E-state index contributed by atoms with van der Waals surface area (Å²) in [5, 5.41) is 12.6. The summed E-state index contributed by atoms with van der Waals surface area (Å²) in [4.78, 5) is 34.0. The number of pyridine rings is 2. The molecular formula is C23H23N7O4. The van der Waals surface area contributed by atoms with Gasteiger partial charge >= 0.3 is 0 Å². The number of nitrogens with one attached hydrogen (secondary N) is 2. The fourth-order valence-corrected chi connectivity index (χ4v) is 3.87. The zero-order valence-corrected chi connectivity index (χ0v) is 19.0. The SMILES string of the molecule is CCOc1c2c(nn1C)C(=O)N(C)CCOc1c[nH]c(=O)cc1-c1cc3c(n[nH]c3cn1)/C=C/2. The van der Waals surface area contributed by atoms with E-state index in [1.54, 1.807) is 37.1 Å². The minimum atomic E-state index is -0.271. The lowest BCUT2D eigenvalue weighted by atomic mass is 10.1. The third kappa shape index (κ3) is 3.70. The minimum absolute atomic E-state index is 0.205. The average Bonchev–Trinajstić information content (AvgIpc) is 3.38. The first-order valence-electron chi connectivity index (χ1n) is 10.8. The lowest BCUT2D eigenvalue weighted by Gasteiger charge is -2.17. The Balaban J connectivity index is 1.71. The number of ether oxygens (including phenoxy) is 2. The maximum atomic E-state index is 13.3. The summed E-state index contributed by atoms with van der Waals surface area (Å²) in [6.45, 7) is 2.81. The van der Waals surface area contributed by atoms with Crippen LogP contribution in [0.25, 0.3) is 34.3 Å². The molecule has 1 aliphatic heterocycles. The van der Waals surface area contributed by atoms with Crippen molar-refractivity contribution in [2.45, 2.75) is 6.92 Å². The number of carbonyl (C=O) groups is 1. The second-order valence-corrected chi connectivity index (χ2v) is 7.83. The van der Waals surface area contributed by atoms with Gasteiger partial charge in [-0.1, -0.05) is 0 Å². The molecular weight excluding hydrogens is 438 g/mol. The number of hydrogen-bond acceptors (Lipinski definition) is 7. The summed E-state index contributed by atoms with van der Waals surface area (Å²) < 4.78 is 13.3. The van der Waals surface area contributed by atoms with Crippen molar-refractivity contribution in [1.29, 1.82) is 0 Å². The van der Waals surface area contributed by atoms with Crippen LogP contribution in [-0.2, 0) is 7.05 Å². The van der Waals surface area contributed by atoms with Crippen LogP contribution in [0.2, 0.25) is 0 Å². The summed E-state index contributed by atoms with van der Waals surface area (Å²) in [6.07, 6.45) is 6.75. The van der Waals surface area contributed by atoms with Gasteiger partial charge in [0.25, 0.3) is 5.91 Å². The number of rotatable bonds is 2. The van der Waals surface area contributed by atoms with Gasteiger partial charge in [-0.2, -0.15) is 10.2 Å². The number of likely N-dealkylation sites (N-methyl/N-ethyl adjacent to an activating group) is 1. The van der Waals surface area contributed by atoms with Gasteiger partial charge in [-0.05, 0) is 25.1 Å². The van der Waals surface area contributed by atoms with E-state index in [1.807, 2.05) is 13.0 Å². The Morgan fingerprint density at radius 3 is 2.88 bits per heavy atom. The summed E-state index contributed by atoms with van der Waals surface area (Å²) >= 11 is 0. The van der Waals surface area contributed by atoms with Crippen LogP contribution in [0.1, 0.15) is 28.7 Å². The minimum Gasteiger partial charge on any atom is -0.489 e. The van der Waals surface area contributed by atoms with Crippen LogP contribution in [0.15, 0.2) is 29.3 Å². The van der Waals surface area contributed by atoms with Crippen molar-refractivity contribution in [2.75, 3.05) is 26.8 Å². The van der Waals surface area contributed by atoms with Gasteiger partial charge in [0.15, 0.2) is 5.69 Å². The van der Waals surface area contributed by atoms with E-state index in [1.165, 1.54) is 17.2 Å². The third-order valence-electron chi connectivity index (χ3n) is 5.59. The van der Waals surface area contributed by atoms with E-state index in [0.717, 1.165) is 10.9 Å². The molecule has 0 aromatic carbocycles. The van der Waals surface area contributed by atoms with Crippen LogP contribution in [0.5, 0.6) is 11.6 Å². The molecule has 11 heteroatoms. The molecule has 1 amide bonds. The molecule has 0 saturated carbocycles. The van der Waals surface area contributed by atoms with Gasteiger partial charge in [-0.15, -0.1) is 0 Å². The van der Waals surface area contributed by atoms with Gasteiger partial charge < -0.3 is 19.4 Å². The summed E-state index contributed by atoms with van der Waals surface area (Å²) in [6, 6.07) is 3.30. The number of hydrogen-bond donors (Lipinski definition) is 2. The van der Waals surface area contributed by atoms with Gasteiger partial charge in [0.1, 0.15) is 12.4 Å². The van der Waals surface area contributed by atoms with Crippen LogP contribution in [0.3, 0.4) is 0 Å². The largest absolute Gasteiger partial charge is 0.489 e. The lowest BCUT2D eigenvalue weighted by Crippen LogP contribution is -2.31. The smallest absolute Gasteiger partial charge is 0.274 e. The Morgan fingerprint density at radius 2 is 2.06 bits per heavy atom. The van der Waals surface area contributed by atoms with Crippen molar-refractivity contribution < 1.29 is 14.3 Å². The third-order valence-corrected chi connectivity index (χ3v) is 5.59. The van der Waals surface area contributed by atoms with Crippen molar-refractivity contribution in [3.05, 3.63) is 51.8 Å². The maximum Gasteiger partial charge on any atom is 0.274 e. The summed E-state index contributed by atoms with van der Waals surface area (Å²) in [5.74, 6) is 0.680. The lowest BCUT2D eigenvalue weighted by molar-refractivity contribution is 0.0767. The second kappa shape index (κ2) is 8.50. The molecule has 0 spiro atoms. The van der Waals surface area contributed by atoms with Gasteiger partial charge in [-0.3, -0.25) is 19.7 Å². The number of carbonyl (C=O) groups excluding carboxylic acids is 1. The monoisotopic (exact) mass is 461 g/mol. The molecule has 11 nitrogen and oxygen atoms in total. The Morgan fingerprint density at radius 1 is 1.21 bits per heavy atom. The van der Waals surface area contributed by atoms with Crippen molar-refractivity contribution >= 4 is 29.0 Å². The van der Waals surface area contributed by atoms with Gasteiger partial charge in [0, 0.05) is 37.3 Å². The highest BCUT2D eigenvalue weighted by atomic mass is 16.5. The fraction of sp³-hybridized carbons (Fsp3) is 0.261. The van der Waals surface area contributed by atoms with Crippen molar-refractivity contribution in [2.24, 2.45) is 7.05 Å². The molecule has 34 heavy (non-hydrogen) atoms. The van der Waals surface area contributed by atoms with Crippen LogP contribution in [0, 0.1) is 0 Å². The highest BCUT2D eigenvalue weighted by molar-refractivity contribution is 5.99. The van der Waals surface area contributed by atoms with Gasteiger partial charge in [0.2, 0.25) is 11.4 Å². The Hall–Kier alpha value is -4.41. The normalized spacial score (nSPS) is 14.8. The molecule has 4 aromatic heterocycles. The van der Waals surface area contributed by atoms with Gasteiger partial charge in [-0.25, -0.2) is 4.68 Å². The van der Waals surface area contributed by atoms with Crippen molar-refractivity contribution in [1.82, 2.24) is 34.8 Å². The topological polar surface area (TPSA) is 131 Å². The predicted octanol–water partition coefficient (Wildman–Crippen LogP) is 2.08. The van der Waals surface area contributed by atoms with Crippen LogP contribution < -0.4 is 15.0 Å². The van der Waals surface area contributed by atoms with E-state index in [-0.39, 0.29) is 23.8 Å². The molecule has 5 rings (SSSR count). The van der Waals surface area contributed by atoms with Crippen LogP contribution in [0.4, 0.5) is 0 Å². The van der Waals surface area contributed by atoms with Crippen LogP contribution >= 0.6 is 0 Å². The molecule has 174 valence electrons. The summed E-state index contributed by atoms with van der Waals surface area (Å²) in [5.41, 5.74) is 3.05. The van der Waals surface area contributed by atoms with Gasteiger partial charge in [0.05, 0.1) is 41.8 Å². The molecule has 2 N–H and O–H groups in total. The number of fused-ring (bicyclic) bond motifs is 4. The van der Waals surface area contributed by atoms with E-state index in [4.69, 9.17) is 9.47 Å². The van der Waals surface area contributed by atoms with E-state index in [9.17, 15) is 9.59 Å². The highest BCUT2D eigenvalue weighted by Crippen LogP contribution is 2.31. The number of amides is 1. The van der Waals surface area contributed by atoms with E-state index >= 15 is 0 Å². The van der Waals surface area contributed by atoms with Crippen molar-refractivity contribution in [3.63, 3.8) is 0 Å². The molecule has 5 heterocycles. The summed E-state index contributed by atoms with van der Waals surface area (Å²) in [7, 11) is 3.42. The zero-order chi connectivity index (χ0) is 23.8. The molecule has 2 bridgehead atoms. The number of aromatic amines is 2. The fourth-order valence-electron chi connectivity index (χ4n) is 3.87. The average molecular weight is 461 g/mol. The second-order valence-electron chi connectivity index (χ2n) is 7.83. The number of H-pyrrole nitrogens is 2. The number of aryl methyl sites for hydroxylation is 1. The number of nitrogens with zero attached hydrogens (tertiary/aromatic N) is 5. The predicted molar refractivity (Wildman–Crippen MR) is 126 cm³/mol. The van der Waals surface area contributed by atoms with E-state index < -0.39 is 0 Å². The standard InChI is InChI=1S/C23H23N7O4/c1-4-33-23-13-5-6-16-14-9-17(24-11-18(14)27-26-16)15-10-20(31)25-12-19(15)34-8-7-29(2)22(32)21(13)28-30(23)3/h5-6,9-12H,4,7-8H2,1-3H3,(H,25,31)(H,26,27)/b6-5+. The Bertz CT molecular complexity index is 1480. The first kappa shape index (κ1) is 21.4. The molecule has 0 saturated heterocycles. The quantitative estimate of drug-likeness (QED) is 0.467. The maximum absolute atomic E-state index is 13.3. The molecule has 0 atom stereocenters.